The number of urea groups is 1. The van der Waals surface area contributed by atoms with E-state index < -0.39 is 5.54 Å². The van der Waals surface area contributed by atoms with Crippen molar-refractivity contribution in [2.75, 3.05) is 25.0 Å². The van der Waals surface area contributed by atoms with Crippen LogP contribution >= 0.6 is 11.3 Å². The lowest BCUT2D eigenvalue weighted by molar-refractivity contribution is -0.134. The van der Waals surface area contributed by atoms with Gasteiger partial charge in [0.15, 0.2) is 0 Å². The second-order valence-corrected chi connectivity index (χ2v) is 11.2. The summed E-state index contributed by atoms with van der Waals surface area (Å²) in [4.78, 5) is 42.9. The quantitative estimate of drug-likeness (QED) is 0.501. The van der Waals surface area contributed by atoms with Crippen LogP contribution in [0.1, 0.15) is 50.5 Å². The van der Waals surface area contributed by atoms with Crippen LogP contribution in [-0.4, -0.2) is 52.8 Å². The standard InChI is InChI=1S/C27H36N4O3S/c1-19(2)17-27(25(33)31(26(34)29-27)15-12-24-5-4-16-35-24)22-10-13-30(14-11-22)18-21-6-8-23(9-7-21)28-20(3)32/h4-9,16,19,22H,10-15,17-18H2,1-3H3,(H,28,32)(H,29,34)/t27-/m0/s1. The molecule has 2 N–H and O–H groups in total. The van der Waals surface area contributed by atoms with Gasteiger partial charge in [-0.1, -0.05) is 32.0 Å². The number of benzene rings is 1. The highest BCUT2D eigenvalue weighted by atomic mass is 32.1. The molecule has 188 valence electrons. The molecule has 0 bridgehead atoms. The van der Waals surface area contributed by atoms with Gasteiger partial charge < -0.3 is 10.6 Å². The van der Waals surface area contributed by atoms with Crippen molar-refractivity contribution in [3.8, 4) is 0 Å². The van der Waals surface area contributed by atoms with Gasteiger partial charge in [-0.15, -0.1) is 11.3 Å². The second-order valence-electron chi connectivity index (χ2n) is 10.2. The number of carbonyl (C=O) groups is 3. The topological polar surface area (TPSA) is 81.8 Å². The van der Waals surface area contributed by atoms with Crippen molar-refractivity contribution in [3.63, 3.8) is 0 Å². The number of carbonyl (C=O) groups excluding carboxylic acids is 3. The van der Waals surface area contributed by atoms with E-state index in [0.29, 0.717) is 25.3 Å². The second kappa shape index (κ2) is 10.9. The zero-order valence-corrected chi connectivity index (χ0v) is 21.7. The summed E-state index contributed by atoms with van der Waals surface area (Å²) in [7, 11) is 0. The summed E-state index contributed by atoms with van der Waals surface area (Å²) in [6.45, 7) is 8.78. The maximum absolute atomic E-state index is 13.7. The minimum absolute atomic E-state index is 0.0419. The van der Waals surface area contributed by atoms with Gasteiger partial charge in [-0.05, 0) is 79.8 Å². The van der Waals surface area contributed by atoms with Crippen LogP contribution in [0.5, 0.6) is 0 Å². The van der Waals surface area contributed by atoms with Gasteiger partial charge in [0.1, 0.15) is 5.54 Å². The Bertz CT molecular complexity index is 1030. The third kappa shape index (κ3) is 5.93. The molecule has 0 aliphatic carbocycles. The molecule has 0 spiro atoms. The van der Waals surface area contributed by atoms with E-state index in [1.54, 1.807) is 11.3 Å². The van der Waals surface area contributed by atoms with Crippen LogP contribution in [0.3, 0.4) is 0 Å². The predicted molar refractivity (Wildman–Crippen MR) is 139 cm³/mol. The fourth-order valence-corrected chi connectivity index (χ4v) is 6.19. The zero-order valence-electron chi connectivity index (χ0n) is 20.9. The summed E-state index contributed by atoms with van der Waals surface area (Å²) in [6, 6.07) is 11.8. The van der Waals surface area contributed by atoms with E-state index in [9.17, 15) is 14.4 Å². The molecule has 2 aliphatic heterocycles. The van der Waals surface area contributed by atoms with Crippen molar-refractivity contribution in [2.45, 2.75) is 58.5 Å². The third-order valence-electron chi connectivity index (χ3n) is 7.06. The fraction of sp³-hybridized carbons (Fsp3) is 0.519. The molecule has 2 saturated heterocycles. The largest absolute Gasteiger partial charge is 0.326 e. The molecule has 4 amide bonds. The van der Waals surface area contributed by atoms with E-state index >= 15 is 0 Å². The molecule has 8 heteroatoms. The SMILES string of the molecule is CC(=O)Nc1ccc(CN2CCC([C@]3(CC(C)C)NC(=O)N(CCc4cccs4)C3=O)CC2)cc1. The summed E-state index contributed by atoms with van der Waals surface area (Å²) >= 11 is 1.66. The highest BCUT2D eigenvalue weighted by Crippen LogP contribution is 2.38. The summed E-state index contributed by atoms with van der Waals surface area (Å²) in [6.07, 6.45) is 3.12. The summed E-state index contributed by atoms with van der Waals surface area (Å²) in [5, 5.41) is 7.99. The Morgan fingerprint density at radius 1 is 1.17 bits per heavy atom. The van der Waals surface area contributed by atoms with E-state index in [1.807, 2.05) is 41.8 Å². The number of nitrogens with zero attached hydrogens (tertiary/aromatic N) is 2. The van der Waals surface area contributed by atoms with Crippen molar-refractivity contribution in [2.24, 2.45) is 11.8 Å². The molecule has 35 heavy (non-hydrogen) atoms. The molecule has 2 fully saturated rings. The van der Waals surface area contributed by atoms with Gasteiger partial charge in [0, 0.05) is 30.6 Å². The highest BCUT2D eigenvalue weighted by molar-refractivity contribution is 7.09. The van der Waals surface area contributed by atoms with Crippen LogP contribution in [-0.2, 0) is 22.6 Å². The minimum Gasteiger partial charge on any atom is -0.326 e. The Labute approximate surface area is 211 Å². The molecule has 3 heterocycles. The molecule has 1 aromatic heterocycles. The number of rotatable bonds is 9. The maximum Gasteiger partial charge on any atom is 0.325 e. The van der Waals surface area contributed by atoms with Gasteiger partial charge in [0.2, 0.25) is 5.91 Å². The summed E-state index contributed by atoms with van der Waals surface area (Å²) in [5.41, 5.74) is 1.20. The van der Waals surface area contributed by atoms with Gasteiger partial charge in [-0.2, -0.15) is 0 Å². The molecule has 0 radical (unpaired) electrons. The van der Waals surface area contributed by atoms with Gasteiger partial charge in [-0.25, -0.2) is 4.79 Å². The lowest BCUT2D eigenvalue weighted by atomic mass is 9.73. The van der Waals surface area contributed by atoms with Crippen LogP contribution in [0.25, 0.3) is 0 Å². The molecular formula is C27H36N4O3S. The normalized spacial score (nSPS) is 21.5. The highest BCUT2D eigenvalue weighted by Gasteiger charge is 2.55. The first-order chi connectivity index (χ1) is 16.8. The van der Waals surface area contributed by atoms with E-state index in [2.05, 4.69) is 29.4 Å². The number of amides is 4. The van der Waals surface area contributed by atoms with E-state index in [1.165, 1.54) is 22.3 Å². The number of hydrogen-bond donors (Lipinski definition) is 2. The molecule has 7 nitrogen and oxygen atoms in total. The molecule has 2 aromatic rings. The number of nitrogens with one attached hydrogen (secondary N) is 2. The zero-order chi connectivity index (χ0) is 25.0. The van der Waals surface area contributed by atoms with Crippen molar-refractivity contribution >= 4 is 34.9 Å². The van der Waals surface area contributed by atoms with Crippen LogP contribution in [0.2, 0.25) is 0 Å². The van der Waals surface area contributed by atoms with Crippen molar-refractivity contribution in [1.29, 1.82) is 0 Å². The molecular weight excluding hydrogens is 460 g/mol. The van der Waals surface area contributed by atoms with Gasteiger partial charge in [-0.3, -0.25) is 19.4 Å². The molecule has 0 saturated carbocycles. The van der Waals surface area contributed by atoms with E-state index in [0.717, 1.165) is 38.2 Å². The fourth-order valence-electron chi connectivity index (χ4n) is 5.49. The number of likely N-dealkylation sites (tertiary alicyclic amines) is 1. The molecule has 0 unspecified atom stereocenters. The van der Waals surface area contributed by atoms with Gasteiger partial charge >= 0.3 is 6.03 Å². The first-order valence-electron chi connectivity index (χ1n) is 12.5. The van der Waals surface area contributed by atoms with Crippen molar-refractivity contribution < 1.29 is 14.4 Å². The first-order valence-corrected chi connectivity index (χ1v) is 13.4. The molecule has 1 atom stereocenters. The Morgan fingerprint density at radius 2 is 1.89 bits per heavy atom. The van der Waals surface area contributed by atoms with Gasteiger partial charge in [0.25, 0.3) is 5.91 Å². The third-order valence-corrected chi connectivity index (χ3v) is 8.00. The Balaban J connectivity index is 1.39. The Morgan fingerprint density at radius 3 is 2.49 bits per heavy atom. The average molecular weight is 497 g/mol. The number of thiophene rings is 1. The minimum atomic E-state index is -0.799. The van der Waals surface area contributed by atoms with Crippen LogP contribution in [0, 0.1) is 11.8 Å². The van der Waals surface area contributed by atoms with E-state index in [-0.39, 0.29) is 23.8 Å². The lowest BCUT2D eigenvalue weighted by Crippen LogP contribution is -2.56. The summed E-state index contributed by atoms with van der Waals surface area (Å²) in [5.74, 6) is 0.316. The maximum atomic E-state index is 13.7. The molecule has 2 aliphatic rings. The first kappa shape index (κ1) is 25.4. The smallest absolute Gasteiger partial charge is 0.325 e. The molecule has 4 rings (SSSR count). The lowest BCUT2D eigenvalue weighted by Gasteiger charge is -2.41. The number of piperidine rings is 1. The van der Waals surface area contributed by atoms with Crippen LogP contribution < -0.4 is 10.6 Å². The summed E-state index contributed by atoms with van der Waals surface area (Å²) < 4.78 is 0. The van der Waals surface area contributed by atoms with Crippen LogP contribution in [0.4, 0.5) is 10.5 Å². The molecule has 1 aromatic carbocycles. The monoisotopic (exact) mass is 496 g/mol. The van der Waals surface area contributed by atoms with Crippen molar-refractivity contribution in [1.82, 2.24) is 15.1 Å². The average Bonchev–Trinajstić information content (AvgIpc) is 3.40. The van der Waals surface area contributed by atoms with Gasteiger partial charge in [0.05, 0.1) is 0 Å². The number of anilines is 1. The van der Waals surface area contributed by atoms with E-state index in [4.69, 9.17) is 0 Å². The predicted octanol–water partition coefficient (Wildman–Crippen LogP) is 4.50. The number of hydrogen-bond acceptors (Lipinski definition) is 5. The Hall–Kier alpha value is -2.71. The van der Waals surface area contributed by atoms with Crippen LogP contribution in [0.15, 0.2) is 41.8 Å². The Kier molecular flexibility index (Phi) is 7.91. The number of imide groups is 1. The van der Waals surface area contributed by atoms with Crippen molar-refractivity contribution in [3.05, 3.63) is 52.2 Å².